The van der Waals surface area contributed by atoms with Gasteiger partial charge in [0.15, 0.2) is 5.60 Å². The fraction of sp³-hybridized carbons (Fsp3) is 0.385. The molecule has 4 rings (SSSR count). The third-order valence-electron chi connectivity index (χ3n) is 6.38. The minimum Gasteiger partial charge on any atom is -0.374 e. The van der Waals surface area contributed by atoms with Gasteiger partial charge in [0.1, 0.15) is 12.4 Å². The number of nitrogens with zero attached hydrogens (tertiary/aromatic N) is 4. The van der Waals surface area contributed by atoms with Crippen molar-refractivity contribution in [3.63, 3.8) is 0 Å². The quantitative estimate of drug-likeness (QED) is 0.339. The van der Waals surface area contributed by atoms with Gasteiger partial charge in [0.2, 0.25) is 0 Å². The Morgan fingerprint density at radius 3 is 2.47 bits per heavy atom. The number of primary amides is 1. The molecule has 1 atom stereocenters. The summed E-state index contributed by atoms with van der Waals surface area (Å²) in [7, 11) is 0.417. The van der Waals surface area contributed by atoms with E-state index in [1.165, 1.54) is 4.90 Å². The average molecular weight is 508 g/mol. The molecular formula is C26H33N5O4Si. The van der Waals surface area contributed by atoms with Crippen LogP contribution >= 0.6 is 0 Å². The number of hydrogen-bond donors (Lipinski definition) is 2. The van der Waals surface area contributed by atoms with Crippen LogP contribution in [0.2, 0.25) is 25.7 Å². The zero-order chi connectivity index (χ0) is 26.1. The van der Waals surface area contributed by atoms with E-state index in [4.69, 9.17) is 15.6 Å². The fourth-order valence-corrected chi connectivity index (χ4v) is 4.94. The van der Waals surface area contributed by atoms with Crippen LogP contribution in [0.1, 0.15) is 22.6 Å². The van der Waals surface area contributed by atoms with E-state index in [1.54, 1.807) is 36.0 Å². The zero-order valence-corrected chi connectivity index (χ0v) is 22.2. The van der Waals surface area contributed by atoms with Gasteiger partial charge in [0.05, 0.1) is 17.1 Å². The molecule has 190 valence electrons. The molecule has 2 aromatic heterocycles. The first-order valence-corrected chi connectivity index (χ1v) is 15.7. The smallest absolute Gasteiger partial charge is 0.267 e. The van der Waals surface area contributed by atoms with Gasteiger partial charge in [-0.3, -0.25) is 9.59 Å². The van der Waals surface area contributed by atoms with Gasteiger partial charge < -0.3 is 20.5 Å². The van der Waals surface area contributed by atoms with E-state index in [1.807, 2.05) is 24.3 Å². The second kappa shape index (κ2) is 9.96. The molecule has 1 aliphatic rings. The molecule has 9 nitrogen and oxygen atoms in total. The molecule has 3 aromatic rings. The third kappa shape index (κ3) is 5.40. The Hall–Kier alpha value is -3.34. The molecule has 0 radical (unpaired) electrons. The molecule has 0 spiro atoms. The van der Waals surface area contributed by atoms with Crippen molar-refractivity contribution >= 4 is 19.9 Å². The highest BCUT2D eigenvalue weighted by Gasteiger charge is 2.47. The minimum atomic E-state index is -1.66. The first-order chi connectivity index (χ1) is 17.0. The van der Waals surface area contributed by atoms with E-state index >= 15 is 0 Å². The Morgan fingerprint density at radius 2 is 1.83 bits per heavy atom. The lowest BCUT2D eigenvalue weighted by Gasteiger charge is -2.22. The summed E-state index contributed by atoms with van der Waals surface area (Å²) in [6, 6.07) is 15.4. The lowest BCUT2D eigenvalue weighted by molar-refractivity contribution is -0.143. The number of likely N-dealkylation sites (N-methyl/N-ethyl adjacent to an activating group) is 1. The van der Waals surface area contributed by atoms with Crippen LogP contribution in [0, 0.1) is 0 Å². The number of pyridine rings is 1. The number of ether oxygens (including phenoxy) is 1. The lowest BCUT2D eigenvalue weighted by atomic mass is 9.96. The summed E-state index contributed by atoms with van der Waals surface area (Å²) in [6.45, 7) is 8.04. The second-order valence-corrected chi connectivity index (χ2v) is 16.1. The first kappa shape index (κ1) is 25.7. The van der Waals surface area contributed by atoms with E-state index in [9.17, 15) is 14.7 Å². The monoisotopic (exact) mass is 507 g/mol. The van der Waals surface area contributed by atoms with Crippen LogP contribution in [-0.4, -0.2) is 64.9 Å². The van der Waals surface area contributed by atoms with Gasteiger partial charge in [-0.05, 0) is 30.3 Å². The Kier molecular flexibility index (Phi) is 7.12. The highest BCUT2D eigenvalue weighted by Crippen LogP contribution is 2.35. The van der Waals surface area contributed by atoms with Gasteiger partial charge in [-0.1, -0.05) is 43.9 Å². The summed E-state index contributed by atoms with van der Waals surface area (Å²) >= 11 is 0. The maximum atomic E-state index is 12.9. The molecule has 0 aliphatic carbocycles. The molecule has 1 saturated heterocycles. The summed E-state index contributed by atoms with van der Waals surface area (Å²) in [5.41, 5.74) is 7.11. The number of carbonyl (C=O) groups is 2. The van der Waals surface area contributed by atoms with Crippen molar-refractivity contribution in [1.82, 2.24) is 19.7 Å². The molecule has 0 saturated carbocycles. The van der Waals surface area contributed by atoms with Crippen molar-refractivity contribution in [1.29, 1.82) is 0 Å². The number of benzene rings is 1. The summed E-state index contributed by atoms with van der Waals surface area (Å²) in [5, 5.41) is 16.1. The van der Waals surface area contributed by atoms with Crippen LogP contribution in [0.4, 0.5) is 0 Å². The van der Waals surface area contributed by atoms with Gasteiger partial charge in [0, 0.05) is 45.8 Å². The molecule has 1 aromatic carbocycles. The molecular weight excluding hydrogens is 474 g/mol. The molecule has 1 fully saturated rings. The minimum absolute atomic E-state index is 0.140. The van der Waals surface area contributed by atoms with Crippen LogP contribution in [0.3, 0.4) is 0 Å². The zero-order valence-electron chi connectivity index (χ0n) is 21.2. The van der Waals surface area contributed by atoms with Crippen LogP contribution in [-0.2, 0) is 21.9 Å². The number of nitrogens with two attached hydrogens (primary N) is 1. The second-order valence-electron chi connectivity index (χ2n) is 10.5. The predicted octanol–water partition coefficient (Wildman–Crippen LogP) is 3.07. The Morgan fingerprint density at radius 1 is 1.14 bits per heavy atom. The maximum absolute atomic E-state index is 12.9. The molecule has 10 heteroatoms. The van der Waals surface area contributed by atoms with Crippen molar-refractivity contribution in [3.8, 4) is 22.5 Å². The Balaban J connectivity index is 1.69. The topological polar surface area (TPSA) is 124 Å². The molecule has 1 aliphatic heterocycles. The summed E-state index contributed by atoms with van der Waals surface area (Å²) < 4.78 is 7.52. The van der Waals surface area contributed by atoms with E-state index in [2.05, 4.69) is 24.6 Å². The van der Waals surface area contributed by atoms with Crippen molar-refractivity contribution in [3.05, 3.63) is 59.9 Å². The van der Waals surface area contributed by atoms with E-state index < -0.39 is 19.6 Å². The Bertz CT molecular complexity index is 1290. The summed E-state index contributed by atoms with van der Waals surface area (Å²) in [5.74, 6) is -0.941. The number of carbonyl (C=O) groups excluding carboxylic acids is 2. The number of rotatable bonds is 9. The fourth-order valence-electron chi connectivity index (χ4n) is 4.18. The SMILES string of the molecule is CN1CCC(O)(c2cc(-c3cccc(-c4cccc(C(N)=O)n4)c3)nn2COCC[Si](C)(C)C)C1=O. The lowest BCUT2D eigenvalue weighted by Crippen LogP contribution is -2.38. The summed E-state index contributed by atoms with van der Waals surface area (Å²) in [4.78, 5) is 30.3. The van der Waals surface area contributed by atoms with Gasteiger partial charge in [-0.2, -0.15) is 5.10 Å². The predicted molar refractivity (Wildman–Crippen MR) is 140 cm³/mol. The molecule has 1 unspecified atom stereocenters. The molecule has 36 heavy (non-hydrogen) atoms. The number of hydrogen-bond acceptors (Lipinski definition) is 6. The van der Waals surface area contributed by atoms with Crippen LogP contribution in [0.5, 0.6) is 0 Å². The van der Waals surface area contributed by atoms with Crippen molar-refractivity contribution < 1.29 is 19.4 Å². The first-order valence-electron chi connectivity index (χ1n) is 12.0. The average Bonchev–Trinajstić information content (AvgIpc) is 3.39. The molecule has 3 N–H and O–H groups in total. The third-order valence-corrected chi connectivity index (χ3v) is 8.08. The van der Waals surface area contributed by atoms with Crippen LogP contribution in [0.15, 0.2) is 48.5 Å². The number of amides is 2. The summed E-state index contributed by atoms with van der Waals surface area (Å²) in [6.07, 6.45) is 0.284. The normalized spacial score (nSPS) is 18.1. The van der Waals surface area contributed by atoms with Gasteiger partial charge in [0.25, 0.3) is 11.8 Å². The van der Waals surface area contributed by atoms with Gasteiger partial charge in [-0.25, -0.2) is 9.67 Å². The number of likely N-dealkylation sites (tertiary alicyclic amines) is 1. The standard InChI is InChI=1S/C26H33N5O4Si/c1-30-12-11-26(34,25(30)33)23-16-22(29-31(23)17-35-13-14-36(2,3)4)19-8-5-7-18(15-19)20-9-6-10-21(28-20)24(27)32/h5-10,15-16,34H,11-14,17H2,1-4H3,(H2,27,32). The van der Waals surface area contributed by atoms with E-state index in [-0.39, 0.29) is 24.8 Å². The highest BCUT2D eigenvalue weighted by molar-refractivity contribution is 6.76. The molecule has 2 amide bonds. The van der Waals surface area contributed by atoms with Gasteiger partial charge in [-0.15, -0.1) is 0 Å². The largest absolute Gasteiger partial charge is 0.374 e. The Labute approximate surface area is 211 Å². The van der Waals surface area contributed by atoms with E-state index in [0.29, 0.717) is 30.2 Å². The van der Waals surface area contributed by atoms with Crippen LogP contribution in [0.25, 0.3) is 22.5 Å². The molecule has 3 heterocycles. The van der Waals surface area contributed by atoms with Gasteiger partial charge >= 0.3 is 0 Å². The van der Waals surface area contributed by atoms with Crippen LogP contribution < -0.4 is 5.73 Å². The van der Waals surface area contributed by atoms with E-state index in [0.717, 1.165) is 17.2 Å². The molecule has 0 bridgehead atoms. The van der Waals surface area contributed by atoms with Crippen molar-refractivity contribution in [2.45, 2.75) is 44.4 Å². The van der Waals surface area contributed by atoms with Crippen molar-refractivity contribution in [2.75, 3.05) is 20.2 Å². The van der Waals surface area contributed by atoms with Crippen molar-refractivity contribution in [2.24, 2.45) is 5.73 Å². The number of aliphatic hydroxyl groups is 1. The highest BCUT2D eigenvalue weighted by atomic mass is 28.3. The number of aromatic nitrogens is 3. The maximum Gasteiger partial charge on any atom is 0.267 e.